The highest BCUT2D eigenvalue weighted by Gasteiger charge is 2.34. The van der Waals surface area contributed by atoms with Gasteiger partial charge in [-0.2, -0.15) is 15.3 Å². The Balaban J connectivity index is 0.000000175. The molecule has 13 rings (SSSR count). The van der Waals surface area contributed by atoms with Crippen molar-refractivity contribution in [3.8, 4) is 51.0 Å². The predicted molar refractivity (Wildman–Crippen MR) is 392 cm³/mol. The molecule has 1 saturated heterocycles. The molecule has 0 radical (unpaired) electrons. The lowest BCUT2D eigenvalue weighted by Gasteiger charge is -2.20. The fourth-order valence-electron chi connectivity index (χ4n) is 10.3. The number of ether oxygens (including phenoxy) is 4. The molecule has 3 aromatic carbocycles. The Bertz CT molecular complexity index is 4970. The number of aromatic nitrogens is 12. The lowest BCUT2D eigenvalue weighted by molar-refractivity contribution is -0.118. The number of methoxy groups -OCH3 is 3. The van der Waals surface area contributed by atoms with E-state index in [0.717, 1.165) is 45.1 Å². The van der Waals surface area contributed by atoms with Crippen molar-refractivity contribution in [1.82, 2.24) is 76.3 Å². The zero-order valence-electron chi connectivity index (χ0n) is 67.9. The molecule has 33 nitrogen and oxygen atoms in total. The van der Waals surface area contributed by atoms with Crippen LogP contribution < -0.4 is 62.1 Å². The third kappa shape index (κ3) is 20.4. The predicted octanol–water partition coefficient (Wildman–Crippen LogP) is 8.26. The zero-order chi connectivity index (χ0) is 82.8. The van der Waals surface area contributed by atoms with E-state index in [4.69, 9.17) is 31.3 Å². The quantitative estimate of drug-likeness (QED) is 0.0239. The van der Waals surface area contributed by atoms with Crippen LogP contribution in [0, 0.1) is 17.8 Å². The molecule has 3 aliphatic carbocycles. The molecule has 0 bridgehead atoms. The summed E-state index contributed by atoms with van der Waals surface area (Å²) in [4.78, 5) is 74.7. The van der Waals surface area contributed by atoms with Crippen LogP contribution in [0.1, 0.15) is 124 Å². The number of epoxide rings is 1. The average molecular weight is 1450 g/mol. The number of aromatic amines is 1. The van der Waals surface area contributed by atoms with Gasteiger partial charge in [-0.15, -0.1) is 30.6 Å². The van der Waals surface area contributed by atoms with Gasteiger partial charge in [0.25, 0.3) is 17.7 Å². The molecule has 9 aromatic rings. The smallest absolute Gasteiger partial charge is 0.273 e. The molecule has 1 aliphatic heterocycles. The summed E-state index contributed by atoms with van der Waals surface area (Å²) in [5.74, 6) is -2.14. The van der Waals surface area contributed by atoms with E-state index in [9.17, 15) is 39.0 Å². The monoisotopic (exact) mass is 1450 g/mol. The van der Waals surface area contributed by atoms with E-state index in [0.29, 0.717) is 68.1 Å². The van der Waals surface area contributed by atoms with Crippen molar-refractivity contribution < 1.29 is 70.3 Å². The van der Waals surface area contributed by atoms with E-state index < -0.39 is 49.9 Å². The maximum atomic E-state index is 12.7. The first-order valence-electron chi connectivity index (χ1n) is 37.6. The highest BCUT2D eigenvalue weighted by Crippen LogP contribution is 2.42. The minimum absolute atomic E-state index is 0.0621. The molecule has 105 heavy (non-hydrogen) atoms. The molecule has 3 saturated carbocycles. The van der Waals surface area contributed by atoms with Crippen molar-refractivity contribution in [3.63, 3.8) is 0 Å². The Morgan fingerprint density at radius 1 is 0.552 bits per heavy atom. The first kappa shape index (κ1) is 63.9. The standard InChI is InChI=1S/2C24H29N7O4.C20H21N7O3.C4H8O/c1-24(2,34)13-31-11-10-16(30-31)15-6-5-7-17(21(15)35-4)26-18-12-19(27-22(32)14-8-9-14)28-29-20(18)23(33)25-3;1-24(2,34)13-31-18(10-11-26-31)15-6-5-7-16(21(15)35-4)27-17-12-19(28-22(32)14-8-9-14)29-30-20(17)23(33)25-3;1-21-20(29)17-15(10-16(26-27-17)24-19(28)11-6-7-11)23-14-5-3-4-12(18(14)30-2)13-8-9-22-25-13;1-4(2)3-5-4/h5-7,10-12,14,34H,8-9,13H2,1-4H3,(H,25,33)(H2,26,27,28,32);5-7,10-12,14,34H,8-9,13H2,1-4H3,(H,25,33)(H2,27,28,29,32);3-5,8-11H,6-7H2,1-2H3,(H,21,29)(H,22,25)(H2,23,24,26,28);3H2,1-2H3/i2*3D3;1D3;. The minimum Gasteiger partial charge on any atom is -0.494 e. The van der Waals surface area contributed by atoms with Gasteiger partial charge in [0.1, 0.15) is 0 Å². The molecule has 4 aliphatic rings. The van der Waals surface area contributed by atoms with Crippen LogP contribution >= 0.6 is 0 Å². The van der Waals surface area contributed by atoms with Gasteiger partial charge in [0.2, 0.25) is 17.7 Å². The van der Waals surface area contributed by atoms with Gasteiger partial charge in [0, 0.05) is 104 Å². The molecular formula is C72H87N21O12. The van der Waals surface area contributed by atoms with Crippen LogP contribution in [0.15, 0.2) is 110 Å². The van der Waals surface area contributed by atoms with Crippen LogP contribution in [0.2, 0.25) is 0 Å². The minimum atomic E-state index is -2.74. The van der Waals surface area contributed by atoms with Crippen LogP contribution in [0.3, 0.4) is 0 Å². The maximum Gasteiger partial charge on any atom is 0.273 e. The summed E-state index contributed by atoms with van der Waals surface area (Å²) in [6.07, 6.45) is 9.73. The molecule has 6 amide bonds. The van der Waals surface area contributed by atoms with Crippen LogP contribution in [0.4, 0.5) is 51.6 Å². The van der Waals surface area contributed by atoms with Crippen molar-refractivity contribution in [2.45, 2.75) is 110 Å². The largest absolute Gasteiger partial charge is 0.494 e. The molecule has 33 heteroatoms. The number of H-pyrrole nitrogens is 1. The molecule has 0 spiro atoms. The molecule has 4 fully saturated rings. The summed E-state index contributed by atoms with van der Waals surface area (Å²) in [6, 6.07) is 25.4. The molecule has 6 aromatic heterocycles. The molecule has 552 valence electrons. The molecule has 7 heterocycles. The number of anilines is 9. The lowest BCUT2D eigenvalue weighted by Crippen LogP contribution is -2.27. The number of para-hydroxylation sites is 3. The fraction of sp³-hybridized carbons (Fsp3) is 0.375. The highest BCUT2D eigenvalue weighted by atomic mass is 16.6. The van der Waals surface area contributed by atoms with E-state index >= 15 is 0 Å². The van der Waals surface area contributed by atoms with Gasteiger partial charge in [-0.25, -0.2) is 0 Å². The SMILES string of the molecule is CC1(C)CO1.[2H]C([2H])([2H])NC(=O)c1nnc(NC(=O)C2CC2)cc1Nc1cccc(-c2ccn(CC(C)(C)O)n2)c1OC.[2H]C([2H])([2H])NC(=O)c1nnc(NC(=O)C2CC2)cc1Nc1cccc(-c2ccn[nH]2)c1OC.[2H]C([2H])([2H])NC(=O)c1nnc(NC(=O)C2CC2)cc1Nc1cccc(-c2ccnn2CC(C)(C)O)c1OC. The van der Waals surface area contributed by atoms with Crippen LogP contribution in [-0.4, -0.2) is 172 Å². The first-order chi connectivity index (χ1) is 53.6. The van der Waals surface area contributed by atoms with Gasteiger partial charge >= 0.3 is 0 Å². The number of carbonyl (C=O) groups excluding carboxylic acids is 6. The third-order valence-electron chi connectivity index (χ3n) is 15.9. The summed E-state index contributed by atoms with van der Waals surface area (Å²) in [5, 5.41) is 82.3. The number of nitrogens with zero attached hydrogens (tertiary/aromatic N) is 11. The van der Waals surface area contributed by atoms with Gasteiger partial charge in [0.05, 0.1) is 109 Å². The number of benzene rings is 3. The van der Waals surface area contributed by atoms with Gasteiger partial charge in [-0.1, -0.05) is 18.2 Å². The highest BCUT2D eigenvalue weighted by molar-refractivity contribution is 6.03. The van der Waals surface area contributed by atoms with E-state index in [1.807, 2.05) is 28.1 Å². The van der Waals surface area contributed by atoms with E-state index in [2.05, 4.69) is 96.7 Å². The molecular weight excluding hydrogens is 1350 g/mol. The van der Waals surface area contributed by atoms with Crippen molar-refractivity contribution in [2.75, 3.05) is 80.8 Å². The summed E-state index contributed by atoms with van der Waals surface area (Å²) < 4.78 is 91.3. The van der Waals surface area contributed by atoms with Crippen LogP contribution in [-0.2, 0) is 32.2 Å². The van der Waals surface area contributed by atoms with E-state index in [1.54, 1.807) is 116 Å². The van der Waals surface area contributed by atoms with Crippen molar-refractivity contribution in [1.29, 1.82) is 0 Å². The number of amides is 6. The number of rotatable bonds is 25. The van der Waals surface area contributed by atoms with Crippen molar-refractivity contribution in [2.24, 2.45) is 17.8 Å². The second-order valence-electron chi connectivity index (χ2n) is 26.6. The van der Waals surface area contributed by atoms with E-state index in [1.165, 1.54) is 39.5 Å². The summed E-state index contributed by atoms with van der Waals surface area (Å²) in [5.41, 5.74) is 3.08. The summed E-state index contributed by atoms with van der Waals surface area (Å²) in [6.45, 7) is 4.14. The normalized spacial score (nSPS) is 15.6. The molecule has 12 N–H and O–H groups in total. The average Bonchev–Trinajstić information content (AvgIpc) is 1.78. The number of carbonyl (C=O) groups is 6. The van der Waals surface area contributed by atoms with E-state index in [-0.39, 0.29) is 106 Å². The van der Waals surface area contributed by atoms with Crippen molar-refractivity contribution >= 4 is 87.0 Å². The maximum absolute atomic E-state index is 12.7. The zero-order valence-corrected chi connectivity index (χ0v) is 58.9. The number of hydrogen-bond acceptors (Lipinski definition) is 24. The first-order valence-corrected chi connectivity index (χ1v) is 33.1. The second kappa shape index (κ2) is 33.0. The fourth-order valence-corrected chi connectivity index (χ4v) is 10.3. The third-order valence-corrected chi connectivity index (χ3v) is 15.9. The van der Waals surface area contributed by atoms with Crippen LogP contribution in [0.5, 0.6) is 17.2 Å². The molecule has 0 atom stereocenters. The van der Waals surface area contributed by atoms with Crippen molar-refractivity contribution in [3.05, 3.63) is 127 Å². The topological polar surface area (TPSA) is 433 Å². The number of hydrogen-bond donors (Lipinski definition) is 12. The van der Waals surface area contributed by atoms with Gasteiger partial charge in [-0.05, 0) is 135 Å². The number of aliphatic hydroxyl groups is 2. The van der Waals surface area contributed by atoms with Gasteiger partial charge in [-0.3, -0.25) is 43.2 Å². The summed E-state index contributed by atoms with van der Waals surface area (Å²) >= 11 is 0. The Morgan fingerprint density at radius 3 is 1.32 bits per heavy atom. The second-order valence-corrected chi connectivity index (χ2v) is 26.6. The Morgan fingerprint density at radius 2 is 0.952 bits per heavy atom. The Kier molecular flexibility index (Phi) is 20.1. The summed E-state index contributed by atoms with van der Waals surface area (Å²) in [7, 11) is 4.45. The Labute approximate surface area is 617 Å². The number of nitrogens with one attached hydrogen (secondary N) is 10. The Hall–Kier alpha value is -12.0. The lowest BCUT2D eigenvalue weighted by atomic mass is 10.1. The van der Waals surface area contributed by atoms with Gasteiger partial charge < -0.3 is 77.0 Å². The van der Waals surface area contributed by atoms with Crippen LogP contribution in [0.25, 0.3) is 33.8 Å². The van der Waals surface area contributed by atoms with Gasteiger partial charge in [0.15, 0.2) is 51.8 Å². The molecule has 0 unspecified atom stereocenters.